The van der Waals surface area contributed by atoms with Crippen LogP contribution in [0.1, 0.15) is 13.3 Å². The van der Waals surface area contributed by atoms with Crippen molar-refractivity contribution >= 4 is 11.7 Å². The van der Waals surface area contributed by atoms with Gasteiger partial charge in [-0.3, -0.25) is 5.41 Å². The Balaban J connectivity index is 2.77. The Hall–Kier alpha value is -1.36. The summed E-state index contributed by atoms with van der Waals surface area (Å²) in [6, 6.07) is 0. The van der Waals surface area contributed by atoms with Crippen molar-refractivity contribution in [3.63, 3.8) is 0 Å². The van der Waals surface area contributed by atoms with Crippen molar-refractivity contribution in [3.05, 3.63) is 11.3 Å². The molecular weight excluding hydrogens is 194 g/mol. The second-order valence-corrected chi connectivity index (χ2v) is 3.59. The molecule has 0 aliphatic carbocycles. The van der Waals surface area contributed by atoms with Crippen molar-refractivity contribution in [1.29, 1.82) is 5.41 Å². The van der Waals surface area contributed by atoms with E-state index in [1.54, 1.807) is 6.92 Å². The lowest BCUT2D eigenvalue weighted by Gasteiger charge is -2.25. The predicted molar refractivity (Wildman–Crippen MR) is 57.7 cm³/mol. The maximum absolute atomic E-state index is 11.3. The molecule has 0 amide bonds. The lowest BCUT2D eigenvalue weighted by Crippen LogP contribution is -2.35. The summed E-state index contributed by atoms with van der Waals surface area (Å²) in [6.45, 7) is 3.41. The molecule has 0 radical (unpaired) electrons. The summed E-state index contributed by atoms with van der Waals surface area (Å²) in [4.78, 5) is 13.4. The van der Waals surface area contributed by atoms with E-state index >= 15 is 0 Å². The Labute approximate surface area is 89.4 Å². The molecule has 1 rings (SSSR count). The number of hydrogen-bond donors (Lipinski definition) is 2. The zero-order valence-electron chi connectivity index (χ0n) is 9.17. The molecule has 15 heavy (non-hydrogen) atoms. The van der Waals surface area contributed by atoms with Gasteiger partial charge in [0.25, 0.3) is 0 Å². The molecule has 0 saturated heterocycles. The van der Waals surface area contributed by atoms with E-state index in [-0.39, 0.29) is 12.3 Å². The first kappa shape index (κ1) is 11.7. The largest absolute Gasteiger partial charge is 0.461 e. The van der Waals surface area contributed by atoms with Gasteiger partial charge in [0.2, 0.25) is 0 Å². The van der Waals surface area contributed by atoms with Crippen molar-refractivity contribution in [2.75, 3.05) is 26.7 Å². The molecule has 0 spiro atoms. The van der Waals surface area contributed by atoms with E-state index in [4.69, 9.17) is 15.9 Å². The van der Waals surface area contributed by atoms with Gasteiger partial charge in [-0.05, 0) is 14.0 Å². The summed E-state index contributed by atoms with van der Waals surface area (Å²) in [7, 11) is 1.94. The number of hydrogen-bond acceptors (Lipinski definition) is 5. The number of esters is 1. The maximum Gasteiger partial charge on any atom is 0.356 e. The molecule has 3 N–H and O–H groups in total. The lowest BCUT2D eigenvalue weighted by molar-refractivity contribution is -0.135. The highest BCUT2D eigenvalue weighted by atomic mass is 16.5. The first-order valence-corrected chi connectivity index (χ1v) is 4.98. The van der Waals surface area contributed by atoms with Crippen LogP contribution in [0.15, 0.2) is 11.3 Å². The SMILES string of the molecule is CCOC(=O)C(=N)C1=C(N)CCN(C)C1. The van der Waals surface area contributed by atoms with Gasteiger partial charge in [-0.2, -0.15) is 0 Å². The molecule has 1 aliphatic rings. The van der Waals surface area contributed by atoms with Crippen molar-refractivity contribution in [1.82, 2.24) is 4.90 Å². The van der Waals surface area contributed by atoms with Gasteiger partial charge in [-0.15, -0.1) is 0 Å². The minimum absolute atomic E-state index is 0.110. The van der Waals surface area contributed by atoms with Crippen LogP contribution in [-0.2, 0) is 9.53 Å². The van der Waals surface area contributed by atoms with E-state index < -0.39 is 5.97 Å². The van der Waals surface area contributed by atoms with Gasteiger partial charge >= 0.3 is 5.97 Å². The van der Waals surface area contributed by atoms with Crippen LogP contribution in [0, 0.1) is 5.41 Å². The molecule has 5 nitrogen and oxygen atoms in total. The molecule has 0 unspecified atom stereocenters. The van der Waals surface area contributed by atoms with Crippen LogP contribution in [0.5, 0.6) is 0 Å². The Morgan fingerprint density at radius 3 is 2.93 bits per heavy atom. The normalized spacial score (nSPS) is 17.7. The van der Waals surface area contributed by atoms with Gasteiger partial charge in [0.1, 0.15) is 5.71 Å². The third-order valence-corrected chi connectivity index (χ3v) is 2.36. The average Bonchev–Trinajstić information content (AvgIpc) is 2.21. The smallest absolute Gasteiger partial charge is 0.356 e. The fourth-order valence-corrected chi connectivity index (χ4v) is 1.48. The maximum atomic E-state index is 11.3. The van der Waals surface area contributed by atoms with Gasteiger partial charge in [0.15, 0.2) is 0 Å². The summed E-state index contributed by atoms with van der Waals surface area (Å²) in [5, 5.41) is 7.67. The fraction of sp³-hybridized carbons (Fsp3) is 0.600. The van der Waals surface area contributed by atoms with Crippen molar-refractivity contribution in [2.24, 2.45) is 5.73 Å². The van der Waals surface area contributed by atoms with Gasteiger partial charge < -0.3 is 15.4 Å². The third-order valence-electron chi connectivity index (χ3n) is 2.36. The molecule has 84 valence electrons. The molecule has 0 atom stereocenters. The average molecular weight is 211 g/mol. The summed E-state index contributed by atoms with van der Waals surface area (Å²) < 4.78 is 4.77. The summed E-state index contributed by atoms with van der Waals surface area (Å²) >= 11 is 0. The van der Waals surface area contributed by atoms with Gasteiger partial charge in [0, 0.05) is 30.8 Å². The molecule has 1 aliphatic heterocycles. The molecule has 5 heteroatoms. The fourth-order valence-electron chi connectivity index (χ4n) is 1.48. The minimum Gasteiger partial charge on any atom is -0.461 e. The van der Waals surface area contributed by atoms with Crippen LogP contribution in [0.3, 0.4) is 0 Å². The van der Waals surface area contributed by atoms with Crippen LogP contribution >= 0.6 is 0 Å². The number of ether oxygens (including phenoxy) is 1. The van der Waals surface area contributed by atoms with E-state index in [1.807, 2.05) is 11.9 Å². The number of likely N-dealkylation sites (N-methyl/N-ethyl adjacent to an activating group) is 1. The van der Waals surface area contributed by atoms with Crippen LogP contribution in [0.2, 0.25) is 0 Å². The minimum atomic E-state index is -0.592. The van der Waals surface area contributed by atoms with E-state index in [0.29, 0.717) is 24.2 Å². The lowest BCUT2D eigenvalue weighted by atomic mass is 10.0. The topological polar surface area (TPSA) is 79.4 Å². The summed E-state index contributed by atoms with van der Waals surface area (Å²) in [6.07, 6.45) is 0.702. The second kappa shape index (κ2) is 4.93. The zero-order valence-corrected chi connectivity index (χ0v) is 9.17. The molecule has 0 fully saturated rings. The first-order valence-electron chi connectivity index (χ1n) is 4.98. The van der Waals surface area contributed by atoms with E-state index in [9.17, 15) is 4.79 Å². The standard InChI is InChI=1S/C10H17N3O2/c1-3-15-10(14)9(12)7-6-13(2)5-4-8(7)11/h12H,3-6,11H2,1-2H3. The van der Waals surface area contributed by atoms with Crippen molar-refractivity contribution in [2.45, 2.75) is 13.3 Å². The molecule has 0 aromatic heterocycles. The molecule has 0 saturated carbocycles. The van der Waals surface area contributed by atoms with Crippen LogP contribution in [0.4, 0.5) is 0 Å². The molecule has 0 aromatic carbocycles. The Morgan fingerprint density at radius 2 is 2.33 bits per heavy atom. The third kappa shape index (κ3) is 2.79. The van der Waals surface area contributed by atoms with E-state index in [2.05, 4.69) is 0 Å². The van der Waals surface area contributed by atoms with Crippen molar-refractivity contribution in [3.8, 4) is 0 Å². The van der Waals surface area contributed by atoms with Gasteiger partial charge in [-0.1, -0.05) is 0 Å². The number of carbonyl (C=O) groups excluding carboxylic acids is 1. The zero-order chi connectivity index (χ0) is 11.4. The molecular formula is C10H17N3O2. The van der Waals surface area contributed by atoms with Crippen LogP contribution in [-0.4, -0.2) is 43.3 Å². The number of rotatable bonds is 3. The number of carbonyl (C=O) groups is 1. The van der Waals surface area contributed by atoms with Gasteiger partial charge in [0.05, 0.1) is 6.61 Å². The number of nitrogens with zero attached hydrogens (tertiary/aromatic N) is 1. The molecule has 1 heterocycles. The van der Waals surface area contributed by atoms with Gasteiger partial charge in [-0.25, -0.2) is 4.79 Å². The monoisotopic (exact) mass is 211 g/mol. The highest BCUT2D eigenvalue weighted by Gasteiger charge is 2.22. The van der Waals surface area contributed by atoms with E-state index in [1.165, 1.54) is 0 Å². The Kier molecular flexibility index (Phi) is 3.85. The number of nitrogens with one attached hydrogen (secondary N) is 1. The van der Waals surface area contributed by atoms with Crippen LogP contribution < -0.4 is 5.73 Å². The number of nitrogens with two attached hydrogens (primary N) is 1. The molecule has 0 bridgehead atoms. The van der Waals surface area contributed by atoms with Crippen LogP contribution in [0.25, 0.3) is 0 Å². The second-order valence-electron chi connectivity index (χ2n) is 3.59. The van der Waals surface area contributed by atoms with E-state index in [0.717, 1.165) is 6.54 Å². The highest BCUT2D eigenvalue weighted by molar-refractivity contribution is 6.42. The first-order chi connectivity index (χ1) is 7.06. The molecule has 0 aromatic rings. The Bertz CT molecular complexity index is 310. The summed E-state index contributed by atoms with van der Waals surface area (Å²) in [5.41, 5.74) is 6.90. The Morgan fingerprint density at radius 1 is 1.67 bits per heavy atom. The predicted octanol–water partition coefficient (Wildman–Crippen LogP) is 0.118. The highest BCUT2D eigenvalue weighted by Crippen LogP contribution is 2.14. The van der Waals surface area contributed by atoms with Crippen molar-refractivity contribution < 1.29 is 9.53 Å². The summed E-state index contributed by atoms with van der Waals surface area (Å²) in [5.74, 6) is -0.592. The quantitative estimate of drug-likeness (QED) is 0.513.